The van der Waals surface area contributed by atoms with E-state index in [1.807, 2.05) is 13.8 Å². The van der Waals surface area contributed by atoms with Crippen molar-refractivity contribution in [2.75, 3.05) is 7.11 Å². The van der Waals surface area contributed by atoms with Gasteiger partial charge in [0.15, 0.2) is 0 Å². The van der Waals surface area contributed by atoms with E-state index in [1.165, 1.54) is 6.34 Å². The van der Waals surface area contributed by atoms with Crippen molar-refractivity contribution < 1.29 is 5.11 Å². The first kappa shape index (κ1) is 11.8. The SMILES string of the molecule is C=NC=NC=C(C)C.CO. The number of aliphatic hydroxyl groups is 1. The Bertz CT molecular complexity index is 124. The van der Waals surface area contributed by atoms with E-state index in [9.17, 15) is 0 Å². The van der Waals surface area contributed by atoms with Crippen molar-refractivity contribution in [2.24, 2.45) is 9.98 Å². The minimum absolute atomic E-state index is 1.00. The van der Waals surface area contributed by atoms with E-state index in [-0.39, 0.29) is 0 Å². The average Bonchev–Trinajstić information content (AvgIpc) is 1.92. The third-order valence-corrected chi connectivity index (χ3v) is 0.481. The Morgan fingerprint density at radius 3 is 2.20 bits per heavy atom. The molecule has 3 nitrogen and oxygen atoms in total. The maximum atomic E-state index is 7.00. The molecule has 0 aromatic carbocycles. The van der Waals surface area contributed by atoms with Gasteiger partial charge in [-0.3, -0.25) is 4.99 Å². The van der Waals surface area contributed by atoms with Gasteiger partial charge in [0.05, 0.1) is 0 Å². The van der Waals surface area contributed by atoms with Crippen LogP contribution < -0.4 is 0 Å². The smallest absolute Gasteiger partial charge is 0.114 e. The van der Waals surface area contributed by atoms with Crippen LogP contribution >= 0.6 is 0 Å². The van der Waals surface area contributed by atoms with Crippen LogP contribution in [0.15, 0.2) is 21.8 Å². The molecule has 0 heterocycles. The molecule has 0 aromatic heterocycles. The topological polar surface area (TPSA) is 45.0 Å². The molecule has 0 atom stereocenters. The fourth-order valence-corrected chi connectivity index (χ4v) is 0.230. The molecule has 0 bridgehead atoms. The van der Waals surface area contributed by atoms with Gasteiger partial charge in [0, 0.05) is 13.3 Å². The first-order chi connectivity index (χ1) is 4.77. The molecular weight excluding hydrogens is 128 g/mol. The van der Waals surface area contributed by atoms with Gasteiger partial charge in [0.25, 0.3) is 0 Å². The quantitative estimate of drug-likeness (QED) is 0.457. The summed E-state index contributed by atoms with van der Waals surface area (Å²) >= 11 is 0. The highest BCUT2D eigenvalue weighted by Gasteiger charge is 1.67. The van der Waals surface area contributed by atoms with Crippen LogP contribution in [0.3, 0.4) is 0 Å². The molecule has 0 saturated carbocycles. The van der Waals surface area contributed by atoms with Gasteiger partial charge in [0.1, 0.15) is 6.34 Å². The molecule has 1 N–H and O–H groups in total. The Morgan fingerprint density at radius 2 is 1.90 bits per heavy atom. The summed E-state index contributed by atoms with van der Waals surface area (Å²) < 4.78 is 0. The van der Waals surface area contributed by atoms with Crippen LogP contribution in [-0.2, 0) is 0 Å². The lowest BCUT2D eigenvalue weighted by atomic mass is 10.4. The van der Waals surface area contributed by atoms with E-state index in [0.29, 0.717) is 0 Å². The Hall–Kier alpha value is -0.960. The molecule has 0 fully saturated rings. The largest absolute Gasteiger partial charge is 0.400 e. The first-order valence-electron chi connectivity index (χ1n) is 2.83. The third kappa shape index (κ3) is 15.7. The highest BCUT2D eigenvalue weighted by Crippen LogP contribution is 1.86. The van der Waals surface area contributed by atoms with Crippen LogP contribution in [0, 0.1) is 0 Å². The van der Waals surface area contributed by atoms with Crippen molar-refractivity contribution in [2.45, 2.75) is 13.8 Å². The van der Waals surface area contributed by atoms with Crippen molar-refractivity contribution >= 4 is 13.1 Å². The number of allylic oxidation sites excluding steroid dienone is 1. The molecule has 3 heteroatoms. The van der Waals surface area contributed by atoms with Gasteiger partial charge in [-0.2, -0.15) is 0 Å². The maximum absolute atomic E-state index is 7.00. The monoisotopic (exact) mass is 142 g/mol. The van der Waals surface area contributed by atoms with E-state index in [0.717, 1.165) is 12.7 Å². The lowest BCUT2D eigenvalue weighted by Gasteiger charge is -1.78. The number of nitrogens with zero attached hydrogens (tertiary/aromatic N) is 2. The van der Waals surface area contributed by atoms with E-state index in [4.69, 9.17) is 5.11 Å². The number of rotatable bonds is 2. The third-order valence-electron chi connectivity index (χ3n) is 0.481. The Labute approximate surface area is 61.8 Å². The van der Waals surface area contributed by atoms with Gasteiger partial charge in [-0.25, -0.2) is 4.99 Å². The highest BCUT2D eigenvalue weighted by atomic mass is 16.2. The molecule has 0 amide bonds. The molecule has 0 aliphatic heterocycles. The van der Waals surface area contributed by atoms with Crippen molar-refractivity contribution in [1.29, 1.82) is 0 Å². The summed E-state index contributed by atoms with van der Waals surface area (Å²) in [6, 6.07) is 0. The molecule has 0 rings (SSSR count). The van der Waals surface area contributed by atoms with Gasteiger partial charge < -0.3 is 5.11 Å². The average molecular weight is 142 g/mol. The first-order valence-corrected chi connectivity index (χ1v) is 2.83. The second kappa shape index (κ2) is 10.9. The molecule has 58 valence electrons. The molecule has 0 spiro atoms. The predicted octanol–water partition coefficient (Wildman–Crippen LogP) is 1.25. The van der Waals surface area contributed by atoms with Crippen LogP contribution in [-0.4, -0.2) is 25.3 Å². The number of hydrogen-bond donors (Lipinski definition) is 1. The predicted molar refractivity (Wildman–Crippen MR) is 45.6 cm³/mol. The van der Waals surface area contributed by atoms with Gasteiger partial charge in [-0.15, -0.1) is 0 Å². The van der Waals surface area contributed by atoms with Gasteiger partial charge in [0.2, 0.25) is 0 Å². The van der Waals surface area contributed by atoms with Crippen molar-refractivity contribution in [3.8, 4) is 0 Å². The molecule has 0 saturated heterocycles. The van der Waals surface area contributed by atoms with Crippen LogP contribution in [0.1, 0.15) is 13.8 Å². The molecular formula is C7H14N2O. The van der Waals surface area contributed by atoms with Crippen LogP contribution in [0.2, 0.25) is 0 Å². The second-order valence-electron chi connectivity index (χ2n) is 1.65. The lowest BCUT2D eigenvalue weighted by Crippen LogP contribution is -1.62. The fourth-order valence-electron chi connectivity index (χ4n) is 0.230. The van der Waals surface area contributed by atoms with Gasteiger partial charge in [-0.05, 0) is 20.6 Å². The number of aliphatic imine (C=N–C) groups is 2. The van der Waals surface area contributed by atoms with Crippen molar-refractivity contribution in [3.63, 3.8) is 0 Å². The van der Waals surface area contributed by atoms with Crippen LogP contribution in [0.4, 0.5) is 0 Å². The Kier molecular flexibility index (Phi) is 12.9. The lowest BCUT2D eigenvalue weighted by molar-refractivity contribution is 0.399. The molecule has 0 radical (unpaired) electrons. The van der Waals surface area contributed by atoms with E-state index in [1.54, 1.807) is 6.20 Å². The van der Waals surface area contributed by atoms with E-state index in [2.05, 4.69) is 16.7 Å². The summed E-state index contributed by atoms with van der Waals surface area (Å²) in [4.78, 5) is 7.19. The Balaban J connectivity index is 0. The summed E-state index contributed by atoms with van der Waals surface area (Å²) in [5.41, 5.74) is 1.16. The molecule has 0 unspecified atom stereocenters. The summed E-state index contributed by atoms with van der Waals surface area (Å²) in [5, 5.41) is 7.00. The fraction of sp³-hybridized carbons (Fsp3) is 0.429. The molecule has 10 heavy (non-hydrogen) atoms. The number of hydrogen-bond acceptors (Lipinski definition) is 2. The summed E-state index contributed by atoms with van der Waals surface area (Å²) in [6.07, 6.45) is 3.14. The minimum atomic E-state index is 1.00. The normalized spacial score (nSPS) is 8.00. The molecule has 0 aromatic rings. The van der Waals surface area contributed by atoms with E-state index < -0.39 is 0 Å². The van der Waals surface area contributed by atoms with E-state index >= 15 is 0 Å². The highest BCUT2D eigenvalue weighted by molar-refractivity contribution is 5.62. The molecule has 0 aliphatic rings. The summed E-state index contributed by atoms with van der Waals surface area (Å²) in [5.74, 6) is 0. The van der Waals surface area contributed by atoms with Crippen LogP contribution in [0.25, 0.3) is 0 Å². The maximum Gasteiger partial charge on any atom is 0.114 e. The number of aliphatic hydroxyl groups excluding tert-OH is 1. The zero-order valence-corrected chi connectivity index (χ0v) is 6.70. The second-order valence-corrected chi connectivity index (χ2v) is 1.65. The Morgan fingerprint density at radius 1 is 1.40 bits per heavy atom. The van der Waals surface area contributed by atoms with Crippen LogP contribution in [0.5, 0.6) is 0 Å². The van der Waals surface area contributed by atoms with Crippen molar-refractivity contribution in [1.82, 2.24) is 0 Å². The zero-order chi connectivity index (χ0) is 8.41. The summed E-state index contributed by atoms with van der Waals surface area (Å²) in [6.45, 7) is 7.17. The zero-order valence-electron chi connectivity index (χ0n) is 6.70. The molecule has 0 aliphatic carbocycles. The summed E-state index contributed by atoms with van der Waals surface area (Å²) in [7, 11) is 1.00. The van der Waals surface area contributed by atoms with Gasteiger partial charge >= 0.3 is 0 Å². The standard InChI is InChI=1S/C6H10N2.CH4O/c1-6(2)4-8-5-7-3;1-2/h4-5H,3H2,1-2H3;2H,1H3. The minimum Gasteiger partial charge on any atom is -0.400 e. The van der Waals surface area contributed by atoms with Gasteiger partial charge in [-0.1, -0.05) is 5.57 Å². The van der Waals surface area contributed by atoms with Crippen molar-refractivity contribution in [3.05, 3.63) is 11.8 Å².